The van der Waals surface area contributed by atoms with Crippen molar-refractivity contribution in [2.45, 2.75) is 51.7 Å². The number of nitrogens with zero attached hydrogens (tertiary/aromatic N) is 1. The molecule has 2 aliphatic rings. The van der Waals surface area contributed by atoms with Gasteiger partial charge >= 0.3 is 0 Å². The second-order valence-corrected chi connectivity index (χ2v) is 8.11. The van der Waals surface area contributed by atoms with Crippen LogP contribution in [0.5, 0.6) is 0 Å². The highest BCUT2D eigenvalue weighted by molar-refractivity contribution is 7.91. The van der Waals surface area contributed by atoms with Crippen LogP contribution < -0.4 is 0 Å². The molecule has 0 aromatic heterocycles. The minimum absolute atomic E-state index is 0.0547. The SMILES string of the molecule is CCC1(CC)CCN(C2CS(=O)(=O)CC2O)CC1. The second-order valence-electron chi connectivity index (χ2n) is 5.95. The number of hydrogen-bond donors (Lipinski definition) is 1. The zero-order valence-corrected chi connectivity index (χ0v) is 12.2. The Labute approximate surface area is 110 Å². The third-order valence-corrected chi connectivity index (χ3v) is 6.82. The van der Waals surface area contributed by atoms with Gasteiger partial charge in [-0.25, -0.2) is 8.42 Å². The lowest BCUT2D eigenvalue weighted by atomic mass is 9.74. The fourth-order valence-corrected chi connectivity index (χ4v) is 5.28. The largest absolute Gasteiger partial charge is 0.390 e. The van der Waals surface area contributed by atoms with E-state index in [1.54, 1.807) is 0 Å². The van der Waals surface area contributed by atoms with Crippen molar-refractivity contribution in [1.82, 2.24) is 4.90 Å². The molecule has 0 aromatic carbocycles. The monoisotopic (exact) mass is 275 g/mol. The maximum absolute atomic E-state index is 11.5. The van der Waals surface area contributed by atoms with Gasteiger partial charge in [0.05, 0.1) is 23.7 Å². The van der Waals surface area contributed by atoms with Crippen LogP contribution in [0.1, 0.15) is 39.5 Å². The maximum atomic E-state index is 11.5. The van der Waals surface area contributed by atoms with Crippen molar-refractivity contribution < 1.29 is 13.5 Å². The predicted octanol–water partition coefficient (Wildman–Crippen LogP) is 1.05. The van der Waals surface area contributed by atoms with E-state index in [1.165, 1.54) is 12.8 Å². The first-order chi connectivity index (χ1) is 8.41. The van der Waals surface area contributed by atoms with E-state index < -0.39 is 15.9 Å². The summed E-state index contributed by atoms with van der Waals surface area (Å²) in [7, 11) is -3.03. The molecule has 5 heteroatoms. The Kier molecular flexibility index (Phi) is 4.04. The van der Waals surface area contributed by atoms with Crippen LogP contribution in [-0.4, -0.2) is 55.2 Å². The van der Waals surface area contributed by atoms with Gasteiger partial charge in [-0.05, 0) is 31.3 Å². The van der Waals surface area contributed by atoms with E-state index in [4.69, 9.17) is 0 Å². The van der Waals surface area contributed by atoms with Crippen molar-refractivity contribution in [3.05, 3.63) is 0 Å². The lowest BCUT2D eigenvalue weighted by molar-refractivity contribution is 0.0276. The Hall–Kier alpha value is -0.130. The van der Waals surface area contributed by atoms with Crippen molar-refractivity contribution in [3.8, 4) is 0 Å². The minimum Gasteiger partial charge on any atom is -0.390 e. The molecule has 2 heterocycles. The summed E-state index contributed by atoms with van der Waals surface area (Å²) in [5, 5.41) is 9.90. The van der Waals surface area contributed by atoms with Gasteiger partial charge in [-0.3, -0.25) is 4.90 Å². The van der Waals surface area contributed by atoms with Gasteiger partial charge in [0.15, 0.2) is 9.84 Å². The molecule has 0 bridgehead atoms. The van der Waals surface area contributed by atoms with Gasteiger partial charge in [-0.15, -0.1) is 0 Å². The van der Waals surface area contributed by atoms with Crippen molar-refractivity contribution in [2.75, 3.05) is 24.6 Å². The van der Waals surface area contributed by atoms with Gasteiger partial charge in [-0.1, -0.05) is 26.7 Å². The van der Waals surface area contributed by atoms with Crippen LogP contribution in [0.4, 0.5) is 0 Å². The number of hydrogen-bond acceptors (Lipinski definition) is 4. The molecule has 2 saturated heterocycles. The summed E-state index contributed by atoms with van der Waals surface area (Å²) in [6, 6.07) is -0.165. The number of sulfone groups is 1. The van der Waals surface area contributed by atoms with E-state index >= 15 is 0 Å². The molecule has 0 aliphatic carbocycles. The van der Waals surface area contributed by atoms with Crippen LogP contribution in [-0.2, 0) is 9.84 Å². The number of rotatable bonds is 3. The molecule has 0 amide bonds. The van der Waals surface area contributed by atoms with Crippen LogP contribution in [0, 0.1) is 5.41 Å². The highest BCUT2D eigenvalue weighted by Crippen LogP contribution is 2.39. The Morgan fingerprint density at radius 3 is 2.11 bits per heavy atom. The molecule has 2 fully saturated rings. The van der Waals surface area contributed by atoms with E-state index in [0.29, 0.717) is 5.41 Å². The van der Waals surface area contributed by atoms with Crippen LogP contribution in [0.3, 0.4) is 0 Å². The smallest absolute Gasteiger partial charge is 0.154 e. The van der Waals surface area contributed by atoms with E-state index in [-0.39, 0.29) is 17.5 Å². The molecular weight excluding hydrogens is 250 g/mol. The van der Waals surface area contributed by atoms with Gasteiger partial charge in [-0.2, -0.15) is 0 Å². The van der Waals surface area contributed by atoms with Crippen LogP contribution in [0.2, 0.25) is 0 Å². The fourth-order valence-electron chi connectivity index (χ4n) is 3.45. The second kappa shape index (κ2) is 5.10. The van der Waals surface area contributed by atoms with Crippen LogP contribution >= 0.6 is 0 Å². The predicted molar refractivity (Wildman–Crippen MR) is 72.3 cm³/mol. The molecule has 2 atom stereocenters. The minimum atomic E-state index is -3.03. The van der Waals surface area contributed by atoms with Gasteiger partial charge < -0.3 is 5.11 Å². The average molecular weight is 275 g/mol. The molecule has 2 rings (SSSR count). The summed E-state index contributed by atoms with van der Waals surface area (Å²) in [5.74, 6) is 0.0836. The molecule has 106 valence electrons. The highest BCUT2D eigenvalue weighted by atomic mass is 32.2. The normalized spacial score (nSPS) is 35.7. The molecule has 18 heavy (non-hydrogen) atoms. The van der Waals surface area contributed by atoms with Crippen LogP contribution in [0.15, 0.2) is 0 Å². The number of piperidine rings is 1. The first-order valence-electron chi connectivity index (χ1n) is 7.04. The third-order valence-electron chi connectivity index (χ3n) is 5.12. The van der Waals surface area contributed by atoms with E-state index in [0.717, 1.165) is 25.9 Å². The van der Waals surface area contributed by atoms with Gasteiger partial charge in [0.1, 0.15) is 0 Å². The average Bonchev–Trinajstić information content (AvgIpc) is 2.63. The molecule has 0 spiro atoms. The molecular formula is C13H25NO3S. The summed E-state index contributed by atoms with van der Waals surface area (Å²) >= 11 is 0. The van der Waals surface area contributed by atoms with Crippen molar-refractivity contribution in [3.63, 3.8) is 0 Å². The third kappa shape index (κ3) is 2.73. The lowest BCUT2D eigenvalue weighted by Crippen LogP contribution is -2.49. The summed E-state index contributed by atoms with van der Waals surface area (Å²) in [6.07, 6.45) is 3.96. The molecule has 1 N–H and O–H groups in total. The molecule has 0 saturated carbocycles. The number of aliphatic hydroxyl groups excluding tert-OH is 1. The molecule has 2 aliphatic heterocycles. The topological polar surface area (TPSA) is 57.6 Å². The summed E-state index contributed by atoms with van der Waals surface area (Å²) in [5.41, 5.74) is 0.443. The van der Waals surface area contributed by atoms with E-state index in [9.17, 15) is 13.5 Å². The molecule has 4 nitrogen and oxygen atoms in total. The Morgan fingerprint density at radius 1 is 1.17 bits per heavy atom. The van der Waals surface area contributed by atoms with Crippen molar-refractivity contribution in [1.29, 1.82) is 0 Å². The Morgan fingerprint density at radius 2 is 1.72 bits per heavy atom. The fraction of sp³-hybridized carbons (Fsp3) is 1.00. The maximum Gasteiger partial charge on any atom is 0.154 e. The zero-order valence-electron chi connectivity index (χ0n) is 11.4. The quantitative estimate of drug-likeness (QED) is 0.836. The highest BCUT2D eigenvalue weighted by Gasteiger charge is 2.42. The Bertz CT molecular complexity index is 379. The first kappa shape index (κ1) is 14.3. The first-order valence-corrected chi connectivity index (χ1v) is 8.86. The van der Waals surface area contributed by atoms with Gasteiger partial charge in [0.2, 0.25) is 0 Å². The lowest BCUT2D eigenvalue weighted by Gasteiger charge is -2.43. The zero-order chi connectivity index (χ0) is 13.4. The molecule has 0 radical (unpaired) electrons. The standard InChI is InChI=1S/C13H25NO3S/c1-3-13(4-2)5-7-14(8-6-13)11-9-18(16,17)10-12(11)15/h11-12,15H,3-10H2,1-2H3. The summed E-state index contributed by atoms with van der Waals surface area (Å²) < 4.78 is 23.1. The Balaban J connectivity index is 1.98. The molecule has 0 aromatic rings. The van der Waals surface area contributed by atoms with Crippen LogP contribution in [0.25, 0.3) is 0 Å². The van der Waals surface area contributed by atoms with Gasteiger partial charge in [0, 0.05) is 0 Å². The van der Waals surface area contributed by atoms with Crippen molar-refractivity contribution in [2.24, 2.45) is 5.41 Å². The van der Waals surface area contributed by atoms with E-state index in [1.807, 2.05) is 0 Å². The van der Waals surface area contributed by atoms with Gasteiger partial charge in [0.25, 0.3) is 0 Å². The van der Waals surface area contributed by atoms with Crippen molar-refractivity contribution >= 4 is 9.84 Å². The number of aliphatic hydroxyl groups is 1. The summed E-state index contributed by atoms with van der Waals surface area (Å²) in [4.78, 5) is 2.19. The number of likely N-dealkylation sites (tertiary alicyclic amines) is 1. The molecule has 2 unspecified atom stereocenters. The van der Waals surface area contributed by atoms with E-state index in [2.05, 4.69) is 18.7 Å². The summed E-state index contributed by atoms with van der Waals surface area (Å²) in [6.45, 7) is 6.35.